The lowest BCUT2D eigenvalue weighted by Gasteiger charge is -2.08. The maximum absolute atomic E-state index is 13.4. The highest BCUT2D eigenvalue weighted by Crippen LogP contribution is 2.22. The number of nitrogens with one attached hydrogen (secondary N) is 1. The molecule has 0 atom stereocenters. The molecule has 3 rings (SSSR count). The Morgan fingerprint density at radius 2 is 2.16 bits per heavy atom. The van der Waals surface area contributed by atoms with Gasteiger partial charge < -0.3 is 9.72 Å². The molecule has 19 heavy (non-hydrogen) atoms. The maximum Gasteiger partial charge on any atom is 0.180 e. The Bertz CT molecular complexity index is 733. The first kappa shape index (κ1) is 12.1. The van der Waals surface area contributed by atoms with Crippen molar-refractivity contribution < 1.29 is 4.39 Å². The van der Waals surface area contributed by atoms with Gasteiger partial charge in [0.15, 0.2) is 11.5 Å². The predicted octanol–water partition coefficient (Wildman–Crippen LogP) is 3.68. The van der Waals surface area contributed by atoms with Crippen LogP contribution in [0, 0.1) is 12.7 Å². The van der Waals surface area contributed by atoms with Crippen LogP contribution in [0.3, 0.4) is 0 Å². The van der Waals surface area contributed by atoms with Crippen molar-refractivity contribution in [2.75, 3.05) is 5.32 Å². The summed E-state index contributed by atoms with van der Waals surface area (Å²) in [6.45, 7) is 1.84. The summed E-state index contributed by atoms with van der Waals surface area (Å²) in [5, 5.41) is 3.09. The van der Waals surface area contributed by atoms with Crippen LogP contribution in [0.2, 0.25) is 0 Å². The lowest BCUT2D eigenvalue weighted by molar-refractivity contribution is 0.627. The van der Waals surface area contributed by atoms with Gasteiger partial charge in [-0.25, -0.2) is 14.4 Å². The van der Waals surface area contributed by atoms with Crippen LogP contribution in [0.4, 0.5) is 15.9 Å². The van der Waals surface area contributed by atoms with Gasteiger partial charge in [-0.15, -0.1) is 0 Å². The summed E-state index contributed by atoms with van der Waals surface area (Å²) in [6.07, 6.45) is 5.32. The van der Waals surface area contributed by atoms with E-state index in [1.807, 2.05) is 29.8 Å². The van der Waals surface area contributed by atoms with Gasteiger partial charge in [-0.05, 0) is 46.6 Å². The minimum atomic E-state index is -0.281. The number of halogens is 2. The van der Waals surface area contributed by atoms with E-state index in [2.05, 4.69) is 31.2 Å². The highest BCUT2D eigenvalue weighted by atomic mass is 79.9. The highest BCUT2D eigenvalue weighted by Gasteiger charge is 2.07. The average Bonchev–Trinajstić information content (AvgIpc) is 2.75. The first-order valence-corrected chi connectivity index (χ1v) is 6.44. The van der Waals surface area contributed by atoms with Crippen LogP contribution in [0.25, 0.3) is 5.65 Å². The van der Waals surface area contributed by atoms with Gasteiger partial charge in [-0.2, -0.15) is 0 Å². The smallest absolute Gasteiger partial charge is 0.180 e. The maximum atomic E-state index is 13.4. The third-order valence-corrected chi connectivity index (χ3v) is 3.03. The van der Waals surface area contributed by atoms with Gasteiger partial charge in [0.1, 0.15) is 10.4 Å². The van der Waals surface area contributed by atoms with Crippen LogP contribution in [-0.4, -0.2) is 14.4 Å². The first-order valence-electron chi connectivity index (χ1n) is 5.65. The fourth-order valence-corrected chi connectivity index (χ4v) is 2.33. The van der Waals surface area contributed by atoms with Gasteiger partial charge in [0.25, 0.3) is 0 Å². The highest BCUT2D eigenvalue weighted by molar-refractivity contribution is 9.10. The molecule has 0 saturated heterocycles. The van der Waals surface area contributed by atoms with Crippen LogP contribution in [0.1, 0.15) is 5.56 Å². The van der Waals surface area contributed by atoms with Crippen molar-refractivity contribution in [1.82, 2.24) is 14.4 Å². The van der Waals surface area contributed by atoms with Gasteiger partial charge in [-0.3, -0.25) is 0 Å². The zero-order chi connectivity index (χ0) is 13.4. The molecule has 4 nitrogen and oxygen atoms in total. The molecule has 0 unspecified atom stereocenters. The van der Waals surface area contributed by atoms with Crippen molar-refractivity contribution in [3.8, 4) is 0 Å². The van der Waals surface area contributed by atoms with Crippen molar-refractivity contribution in [2.45, 2.75) is 6.92 Å². The first-order chi connectivity index (χ1) is 9.11. The van der Waals surface area contributed by atoms with E-state index < -0.39 is 0 Å². The molecule has 96 valence electrons. The molecular weight excluding hydrogens is 311 g/mol. The van der Waals surface area contributed by atoms with E-state index >= 15 is 0 Å². The number of nitrogens with zero attached hydrogens (tertiary/aromatic N) is 3. The zero-order valence-corrected chi connectivity index (χ0v) is 11.6. The second-order valence-electron chi connectivity index (χ2n) is 4.21. The summed E-state index contributed by atoms with van der Waals surface area (Å²) in [7, 11) is 0. The summed E-state index contributed by atoms with van der Waals surface area (Å²) in [6, 6.07) is 4.75. The standard InChI is InChI=1S/C13H10BrFN4/c1-8-4-9(15)6-10(5-8)17-12-13-16-2-3-19(13)7-11(14)18-12/h2-7H,1H3,(H,17,18). The van der Waals surface area contributed by atoms with Crippen LogP contribution in [-0.2, 0) is 0 Å². The Kier molecular flexibility index (Phi) is 2.94. The Morgan fingerprint density at radius 3 is 2.95 bits per heavy atom. The SMILES string of the molecule is Cc1cc(F)cc(Nc2nc(Br)cn3ccnc23)c1. The van der Waals surface area contributed by atoms with Crippen molar-refractivity contribution in [3.05, 3.63) is 52.8 Å². The van der Waals surface area contributed by atoms with E-state index in [1.54, 1.807) is 6.20 Å². The summed E-state index contributed by atoms with van der Waals surface area (Å²) in [4.78, 5) is 8.55. The summed E-state index contributed by atoms with van der Waals surface area (Å²) >= 11 is 3.34. The monoisotopic (exact) mass is 320 g/mol. The normalized spacial score (nSPS) is 10.9. The number of fused-ring (bicyclic) bond motifs is 1. The zero-order valence-electron chi connectivity index (χ0n) is 10.1. The molecule has 1 aromatic carbocycles. The number of hydrogen-bond acceptors (Lipinski definition) is 3. The molecule has 1 N–H and O–H groups in total. The van der Waals surface area contributed by atoms with E-state index in [-0.39, 0.29) is 5.82 Å². The summed E-state index contributed by atoms with van der Waals surface area (Å²) in [5.74, 6) is 0.293. The van der Waals surface area contributed by atoms with Crippen LogP contribution in [0.15, 0.2) is 41.4 Å². The minimum absolute atomic E-state index is 0.281. The molecule has 0 saturated carbocycles. The average molecular weight is 321 g/mol. The van der Waals surface area contributed by atoms with Crippen molar-refractivity contribution in [2.24, 2.45) is 0 Å². The Labute approximate surface area is 117 Å². The molecule has 2 heterocycles. The molecule has 0 aliphatic heterocycles. The second-order valence-corrected chi connectivity index (χ2v) is 5.03. The molecule has 0 bridgehead atoms. The number of imidazole rings is 1. The summed E-state index contributed by atoms with van der Waals surface area (Å²) < 4.78 is 15.9. The van der Waals surface area contributed by atoms with E-state index in [1.165, 1.54) is 12.1 Å². The fourth-order valence-electron chi connectivity index (χ4n) is 1.93. The largest absolute Gasteiger partial charge is 0.337 e. The third kappa shape index (κ3) is 2.44. The quantitative estimate of drug-likeness (QED) is 0.783. The Hall–Kier alpha value is -1.95. The lowest BCUT2D eigenvalue weighted by atomic mass is 10.2. The molecule has 0 fully saturated rings. The molecule has 6 heteroatoms. The van der Waals surface area contributed by atoms with E-state index in [0.29, 0.717) is 21.8 Å². The Balaban J connectivity index is 2.07. The molecule has 0 amide bonds. The molecule has 3 aromatic rings. The minimum Gasteiger partial charge on any atom is -0.337 e. The number of benzene rings is 1. The Morgan fingerprint density at radius 1 is 1.32 bits per heavy atom. The predicted molar refractivity (Wildman–Crippen MR) is 75.1 cm³/mol. The van der Waals surface area contributed by atoms with Gasteiger partial charge in [0.2, 0.25) is 0 Å². The van der Waals surface area contributed by atoms with Crippen LogP contribution < -0.4 is 5.32 Å². The number of rotatable bonds is 2. The van der Waals surface area contributed by atoms with Crippen LogP contribution in [0.5, 0.6) is 0 Å². The van der Waals surface area contributed by atoms with Crippen molar-refractivity contribution >= 4 is 33.1 Å². The van der Waals surface area contributed by atoms with Gasteiger partial charge >= 0.3 is 0 Å². The van der Waals surface area contributed by atoms with E-state index in [0.717, 1.165) is 5.56 Å². The van der Waals surface area contributed by atoms with Gasteiger partial charge in [0, 0.05) is 24.3 Å². The van der Waals surface area contributed by atoms with Crippen molar-refractivity contribution in [1.29, 1.82) is 0 Å². The molecule has 0 aliphatic carbocycles. The van der Waals surface area contributed by atoms with Crippen LogP contribution >= 0.6 is 15.9 Å². The van der Waals surface area contributed by atoms with E-state index in [9.17, 15) is 4.39 Å². The molecule has 2 aromatic heterocycles. The van der Waals surface area contributed by atoms with Crippen molar-refractivity contribution in [3.63, 3.8) is 0 Å². The topological polar surface area (TPSA) is 42.2 Å². The summed E-state index contributed by atoms with van der Waals surface area (Å²) in [5.41, 5.74) is 2.18. The number of aromatic nitrogens is 3. The van der Waals surface area contributed by atoms with Gasteiger partial charge in [-0.1, -0.05) is 0 Å². The fraction of sp³-hybridized carbons (Fsp3) is 0.0769. The van der Waals surface area contributed by atoms with E-state index in [4.69, 9.17) is 0 Å². The second kappa shape index (κ2) is 4.62. The molecular formula is C13H10BrFN4. The number of hydrogen-bond donors (Lipinski definition) is 1. The van der Waals surface area contributed by atoms with Gasteiger partial charge in [0.05, 0.1) is 0 Å². The lowest BCUT2D eigenvalue weighted by Crippen LogP contribution is -1.99. The molecule has 0 radical (unpaired) electrons. The molecule has 0 aliphatic rings. The number of anilines is 2. The third-order valence-electron chi connectivity index (χ3n) is 2.65. The molecule has 0 spiro atoms. The number of aryl methyl sites for hydroxylation is 1.